The summed E-state index contributed by atoms with van der Waals surface area (Å²) < 4.78 is 29.6. The van der Waals surface area contributed by atoms with E-state index in [1.807, 2.05) is 0 Å². The Labute approximate surface area is 96.7 Å². The number of halogens is 4. The van der Waals surface area contributed by atoms with Crippen LogP contribution in [0.15, 0.2) is 21.1 Å². The van der Waals surface area contributed by atoms with Gasteiger partial charge >= 0.3 is 6.61 Å². The first-order valence-corrected chi connectivity index (χ1v) is 5.26. The third-order valence-corrected chi connectivity index (χ3v) is 2.70. The summed E-state index contributed by atoms with van der Waals surface area (Å²) in [5.41, 5.74) is 5.93. The predicted octanol–water partition coefficient (Wildman–Crippen LogP) is 3.27. The molecule has 0 amide bonds. The van der Waals surface area contributed by atoms with E-state index in [4.69, 9.17) is 5.73 Å². The summed E-state index contributed by atoms with van der Waals surface area (Å²) in [5.74, 6) is 0.0868. The van der Waals surface area contributed by atoms with Gasteiger partial charge in [0.1, 0.15) is 5.75 Å². The fourth-order valence-corrected chi connectivity index (χ4v) is 2.33. The first-order valence-electron chi connectivity index (χ1n) is 3.67. The lowest BCUT2D eigenvalue weighted by Gasteiger charge is -2.11. The summed E-state index contributed by atoms with van der Waals surface area (Å²) in [6, 6.07) is 3.18. The highest BCUT2D eigenvalue weighted by molar-refractivity contribution is 9.11. The Hall–Kier alpha value is -0.200. The quantitative estimate of drug-likeness (QED) is 0.923. The van der Waals surface area contributed by atoms with Gasteiger partial charge in [0.2, 0.25) is 0 Å². The molecule has 0 fully saturated rings. The van der Waals surface area contributed by atoms with Crippen LogP contribution in [0.4, 0.5) is 8.78 Å². The van der Waals surface area contributed by atoms with Crippen molar-refractivity contribution in [3.8, 4) is 5.75 Å². The summed E-state index contributed by atoms with van der Waals surface area (Å²) in [6.45, 7) is -2.71. The van der Waals surface area contributed by atoms with Crippen molar-refractivity contribution >= 4 is 31.9 Å². The van der Waals surface area contributed by atoms with Crippen molar-refractivity contribution in [3.05, 3.63) is 26.6 Å². The van der Waals surface area contributed by atoms with E-state index >= 15 is 0 Å². The van der Waals surface area contributed by atoms with Gasteiger partial charge in [0.15, 0.2) is 0 Å². The third-order valence-electron chi connectivity index (χ3n) is 1.54. The van der Waals surface area contributed by atoms with Gasteiger partial charge in [-0.2, -0.15) is 8.78 Å². The van der Waals surface area contributed by atoms with Crippen molar-refractivity contribution in [1.29, 1.82) is 0 Å². The van der Waals surface area contributed by atoms with Crippen LogP contribution in [-0.4, -0.2) is 6.61 Å². The highest BCUT2D eigenvalue weighted by Gasteiger charge is 2.12. The van der Waals surface area contributed by atoms with Gasteiger partial charge in [0, 0.05) is 21.1 Å². The van der Waals surface area contributed by atoms with Crippen LogP contribution >= 0.6 is 31.9 Å². The lowest BCUT2D eigenvalue weighted by atomic mass is 10.2. The average molecular weight is 331 g/mol. The molecule has 1 aromatic carbocycles. The Bertz CT molecular complexity index is 333. The van der Waals surface area contributed by atoms with Crippen LogP contribution in [-0.2, 0) is 6.54 Å². The largest absolute Gasteiger partial charge is 0.434 e. The molecule has 0 aromatic heterocycles. The summed E-state index contributed by atoms with van der Waals surface area (Å²) >= 11 is 6.38. The number of hydrogen-bond acceptors (Lipinski definition) is 2. The van der Waals surface area contributed by atoms with Gasteiger partial charge in [-0.1, -0.05) is 31.9 Å². The standard InChI is InChI=1S/C8H7Br2F2NO/c9-4-1-6(10)5(3-13)7(2-4)14-8(11)12/h1-2,8H,3,13H2. The topological polar surface area (TPSA) is 35.2 Å². The number of nitrogens with two attached hydrogens (primary N) is 1. The Morgan fingerprint density at radius 2 is 2.00 bits per heavy atom. The second-order valence-electron chi connectivity index (χ2n) is 2.45. The van der Waals surface area contributed by atoms with E-state index in [1.54, 1.807) is 6.07 Å². The molecule has 0 aliphatic rings. The Morgan fingerprint density at radius 3 is 2.50 bits per heavy atom. The molecule has 0 bridgehead atoms. The molecule has 0 saturated heterocycles. The fraction of sp³-hybridized carbons (Fsp3) is 0.250. The Balaban J connectivity index is 3.11. The van der Waals surface area contributed by atoms with E-state index in [0.717, 1.165) is 0 Å². The van der Waals surface area contributed by atoms with Crippen LogP contribution in [0.2, 0.25) is 0 Å². The third kappa shape index (κ3) is 2.90. The monoisotopic (exact) mass is 329 g/mol. The number of ether oxygens (including phenoxy) is 1. The summed E-state index contributed by atoms with van der Waals surface area (Å²) in [7, 11) is 0. The molecule has 1 aromatic rings. The number of alkyl halides is 2. The molecule has 1 rings (SSSR count). The number of hydrogen-bond donors (Lipinski definition) is 1. The van der Waals surface area contributed by atoms with Gasteiger partial charge in [-0.05, 0) is 12.1 Å². The van der Waals surface area contributed by atoms with Crippen molar-refractivity contribution in [2.45, 2.75) is 13.2 Å². The van der Waals surface area contributed by atoms with E-state index in [9.17, 15) is 8.78 Å². The fourth-order valence-electron chi connectivity index (χ4n) is 0.979. The van der Waals surface area contributed by atoms with Crippen LogP contribution in [0.3, 0.4) is 0 Å². The molecule has 6 heteroatoms. The predicted molar refractivity (Wildman–Crippen MR) is 56.4 cm³/mol. The molecule has 2 N–H and O–H groups in total. The molecular weight excluding hydrogens is 324 g/mol. The van der Waals surface area contributed by atoms with E-state index in [0.29, 0.717) is 14.5 Å². The zero-order chi connectivity index (χ0) is 10.7. The van der Waals surface area contributed by atoms with Gasteiger partial charge in [-0.25, -0.2) is 0 Å². The van der Waals surface area contributed by atoms with Crippen molar-refractivity contribution < 1.29 is 13.5 Å². The second kappa shape index (κ2) is 5.04. The molecule has 2 nitrogen and oxygen atoms in total. The van der Waals surface area contributed by atoms with Crippen LogP contribution in [0, 0.1) is 0 Å². The molecule has 14 heavy (non-hydrogen) atoms. The zero-order valence-corrected chi connectivity index (χ0v) is 10.1. The maximum atomic E-state index is 12.0. The maximum absolute atomic E-state index is 12.0. The first-order chi connectivity index (χ1) is 6.54. The molecule has 0 radical (unpaired) electrons. The van der Waals surface area contributed by atoms with Crippen molar-refractivity contribution in [2.75, 3.05) is 0 Å². The Kier molecular flexibility index (Phi) is 4.28. The van der Waals surface area contributed by atoms with Crippen LogP contribution in [0.5, 0.6) is 5.75 Å². The molecule has 0 aliphatic heterocycles. The lowest BCUT2D eigenvalue weighted by Crippen LogP contribution is -2.07. The van der Waals surface area contributed by atoms with Crippen LogP contribution in [0.25, 0.3) is 0 Å². The highest BCUT2D eigenvalue weighted by atomic mass is 79.9. The molecule has 0 atom stereocenters. The van der Waals surface area contributed by atoms with Gasteiger partial charge < -0.3 is 10.5 Å². The van der Waals surface area contributed by atoms with Gasteiger partial charge in [0.25, 0.3) is 0 Å². The van der Waals surface area contributed by atoms with E-state index < -0.39 is 6.61 Å². The SMILES string of the molecule is NCc1c(Br)cc(Br)cc1OC(F)F. The lowest BCUT2D eigenvalue weighted by molar-refractivity contribution is -0.0505. The van der Waals surface area contributed by atoms with Crippen LogP contribution in [0.1, 0.15) is 5.56 Å². The van der Waals surface area contributed by atoms with Crippen molar-refractivity contribution in [3.63, 3.8) is 0 Å². The minimum absolute atomic E-state index is 0.0868. The first kappa shape index (κ1) is 11.9. The van der Waals surface area contributed by atoms with Crippen LogP contribution < -0.4 is 10.5 Å². The van der Waals surface area contributed by atoms with Gasteiger partial charge in [-0.15, -0.1) is 0 Å². The van der Waals surface area contributed by atoms with E-state index in [2.05, 4.69) is 36.6 Å². The van der Waals surface area contributed by atoms with Crippen molar-refractivity contribution in [1.82, 2.24) is 0 Å². The van der Waals surface area contributed by atoms with Gasteiger partial charge in [0.05, 0.1) is 0 Å². The summed E-state index contributed by atoms with van der Waals surface area (Å²) in [5, 5.41) is 0. The average Bonchev–Trinajstić information content (AvgIpc) is 2.01. The minimum atomic E-state index is -2.85. The molecule has 0 saturated carbocycles. The smallest absolute Gasteiger partial charge is 0.387 e. The molecule has 0 aliphatic carbocycles. The zero-order valence-electron chi connectivity index (χ0n) is 6.94. The highest BCUT2D eigenvalue weighted by Crippen LogP contribution is 2.31. The molecule has 0 heterocycles. The van der Waals surface area contributed by atoms with E-state index in [-0.39, 0.29) is 12.3 Å². The molecular formula is C8H7Br2F2NO. The molecule has 78 valence electrons. The maximum Gasteiger partial charge on any atom is 0.387 e. The summed E-state index contributed by atoms with van der Waals surface area (Å²) in [6.07, 6.45) is 0. The number of rotatable bonds is 3. The second-order valence-corrected chi connectivity index (χ2v) is 4.22. The normalized spacial score (nSPS) is 10.7. The van der Waals surface area contributed by atoms with Crippen molar-refractivity contribution in [2.24, 2.45) is 5.73 Å². The Morgan fingerprint density at radius 1 is 1.36 bits per heavy atom. The molecule has 0 spiro atoms. The summed E-state index contributed by atoms with van der Waals surface area (Å²) in [4.78, 5) is 0. The minimum Gasteiger partial charge on any atom is -0.434 e. The van der Waals surface area contributed by atoms with E-state index in [1.165, 1.54) is 6.07 Å². The molecule has 0 unspecified atom stereocenters. The number of benzene rings is 1. The van der Waals surface area contributed by atoms with Gasteiger partial charge in [-0.3, -0.25) is 0 Å².